The Morgan fingerprint density at radius 2 is 1.67 bits per heavy atom. The lowest BCUT2D eigenvalue weighted by molar-refractivity contribution is -0.376. The minimum absolute atomic E-state index is 0.0829. The summed E-state index contributed by atoms with van der Waals surface area (Å²) in [6.07, 6.45) is -9.58. The van der Waals surface area contributed by atoms with Crippen LogP contribution in [0.1, 0.15) is 45.7 Å². The average molecular weight is 482 g/mol. The van der Waals surface area contributed by atoms with E-state index < -0.39 is 35.2 Å². The molecule has 1 N–H and O–H groups in total. The molecule has 11 heteroatoms. The van der Waals surface area contributed by atoms with Crippen LogP contribution in [0, 0.1) is 0 Å². The van der Waals surface area contributed by atoms with Crippen molar-refractivity contribution < 1.29 is 41.0 Å². The topological polar surface area (TPSA) is 53.0 Å². The number of piperazine rings is 1. The van der Waals surface area contributed by atoms with Gasteiger partial charge in [-0.15, -0.1) is 0 Å². The number of anilines is 1. The fourth-order valence-corrected chi connectivity index (χ4v) is 3.65. The zero-order chi connectivity index (χ0) is 25.4. The minimum atomic E-state index is -5.97. The van der Waals surface area contributed by atoms with Gasteiger partial charge in [-0.05, 0) is 52.3 Å². The fourth-order valence-electron chi connectivity index (χ4n) is 3.65. The molecule has 1 heterocycles. The van der Waals surface area contributed by atoms with Gasteiger partial charge >= 0.3 is 18.4 Å². The number of alkyl halides is 6. The van der Waals surface area contributed by atoms with E-state index in [9.17, 15) is 36.2 Å². The number of allylic oxidation sites excluding steroid dienone is 1. The van der Waals surface area contributed by atoms with E-state index in [1.807, 2.05) is 0 Å². The molecule has 0 unspecified atom stereocenters. The number of benzene rings is 1. The number of nitrogens with zero attached hydrogens (tertiary/aromatic N) is 2. The molecule has 0 bridgehead atoms. The van der Waals surface area contributed by atoms with Crippen LogP contribution in [0.25, 0.3) is 6.08 Å². The zero-order valence-electron chi connectivity index (χ0n) is 19.0. The monoisotopic (exact) mass is 482 g/mol. The third kappa shape index (κ3) is 5.56. The van der Waals surface area contributed by atoms with Crippen LogP contribution in [0.15, 0.2) is 24.3 Å². The largest absolute Gasteiger partial charge is 0.444 e. The summed E-state index contributed by atoms with van der Waals surface area (Å²) in [6, 6.07) is 2.16. The number of hydrogen-bond acceptors (Lipinski definition) is 4. The van der Waals surface area contributed by atoms with Crippen molar-refractivity contribution in [3.63, 3.8) is 0 Å². The predicted octanol–water partition coefficient (Wildman–Crippen LogP) is 5.48. The third-order valence-corrected chi connectivity index (χ3v) is 5.20. The van der Waals surface area contributed by atoms with Gasteiger partial charge in [0.25, 0.3) is 5.60 Å². The maximum Gasteiger partial charge on any atom is 0.430 e. The SMILES string of the molecule is C/C=C\c1cc(C(O)(C(F)(F)F)C(F)(F)F)ccc1N1CCN(C(=O)OC(C)(C)C)C[C@H]1C. The Bertz CT molecular complexity index is 876. The number of halogens is 6. The van der Waals surface area contributed by atoms with E-state index in [2.05, 4.69) is 0 Å². The summed E-state index contributed by atoms with van der Waals surface area (Å²) in [5, 5.41) is 9.74. The average Bonchev–Trinajstić information content (AvgIpc) is 2.64. The van der Waals surface area contributed by atoms with Crippen LogP contribution < -0.4 is 4.90 Å². The summed E-state index contributed by atoms with van der Waals surface area (Å²) in [7, 11) is 0. The van der Waals surface area contributed by atoms with E-state index >= 15 is 0 Å². The number of amides is 1. The molecule has 0 saturated carbocycles. The van der Waals surface area contributed by atoms with Crippen molar-refractivity contribution in [3.05, 3.63) is 35.4 Å². The molecular formula is C22H28F6N2O3. The van der Waals surface area contributed by atoms with Crippen LogP contribution >= 0.6 is 0 Å². The Labute approximate surface area is 188 Å². The van der Waals surface area contributed by atoms with Crippen molar-refractivity contribution >= 4 is 17.9 Å². The van der Waals surface area contributed by atoms with Gasteiger partial charge in [-0.2, -0.15) is 26.3 Å². The van der Waals surface area contributed by atoms with Gasteiger partial charge < -0.3 is 19.6 Å². The quantitative estimate of drug-likeness (QED) is 0.580. The summed E-state index contributed by atoms with van der Waals surface area (Å²) in [6.45, 7) is 9.35. The summed E-state index contributed by atoms with van der Waals surface area (Å²) in [4.78, 5) is 15.6. The predicted molar refractivity (Wildman–Crippen MR) is 112 cm³/mol. The van der Waals surface area contributed by atoms with Gasteiger partial charge in [0.15, 0.2) is 0 Å². The van der Waals surface area contributed by atoms with Crippen LogP contribution in [-0.2, 0) is 10.3 Å². The van der Waals surface area contributed by atoms with E-state index in [1.54, 1.807) is 39.5 Å². The van der Waals surface area contributed by atoms with E-state index in [4.69, 9.17) is 4.74 Å². The second-order valence-corrected chi connectivity index (χ2v) is 8.95. The van der Waals surface area contributed by atoms with E-state index in [1.165, 1.54) is 17.1 Å². The number of hydrogen-bond donors (Lipinski definition) is 1. The van der Waals surface area contributed by atoms with Crippen molar-refractivity contribution in [2.45, 2.75) is 64.2 Å². The van der Waals surface area contributed by atoms with Gasteiger partial charge in [-0.1, -0.05) is 18.2 Å². The first kappa shape index (κ1) is 26.8. The van der Waals surface area contributed by atoms with Gasteiger partial charge in [-0.3, -0.25) is 0 Å². The standard InChI is InChI=1S/C22H28F6N2O3/c1-6-7-15-12-16(20(32,21(23,24)25)22(26,27)28)8-9-17(15)30-11-10-29(13-14(30)2)18(31)33-19(3,4)5/h6-9,12,14,32H,10-11,13H2,1-5H3/b7-6-/t14-/m1/s1. The molecule has 1 aromatic carbocycles. The van der Waals surface area contributed by atoms with E-state index in [0.29, 0.717) is 17.8 Å². The molecule has 0 aliphatic carbocycles. The molecule has 5 nitrogen and oxygen atoms in total. The van der Waals surface area contributed by atoms with Crippen LogP contribution in [0.4, 0.5) is 36.8 Å². The minimum Gasteiger partial charge on any atom is -0.444 e. The van der Waals surface area contributed by atoms with Crippen molar-refractivity contribution in [3.8, 4) is 0 Å². The van der Waals surface area contributed by atoms with Crippen molar-refractivity contribution in [2.24, 2.45) is 0 Å². The first-order valence-electron chi connectivity index (χ1n) is 10.3. The second kappa shape index (κ2) is 9.08. The lowest BCUT2D eigenvalue weighted by Gasteiger charge is -2.42. The fraction of sp³-hybridized carbons (Fsp3) is 0.591. The van der Waals surface area contributed by atoms with Crippen LogP contribution in [0.2, 0.25) is 0 Å². The molecule has 33 heavy (non-hydrogen) atoms. The Morgan fingerprint density at radius 3 is 2.12 bits per heavy atom. The summed E-state index contributed by atoms with van der Waals surface area (Å²) >= 11 is 0. The van der Waals surface area contributed by atoms with Crippen LogP contribution in [0.5, 0.6) is 0 Å². The molecule has 1 aliphatic rings. The van der Waals surface area contributed by atoms with Crippen LogP contribution in [-0.4, -0.2) is 59.7 Å². The first-order valence-corrected chi connectivity index (χ1v) is 10.3. The lowest BCUT2D eigenvalue weighted by Crippen LogP contribution is -2.55. The highest BCUT2D eigenvalue weighted by atomic mass is 19.4. The molecule has 0 radical (unpaired) electrons. The Balaban J connectivity index is 2.41. The Hall–Kier alpha value is -2.43. The normalized spacial score (nSPS) is 18.7. The molecule has 1 aromatic rings. The molecule has 1 amide bonds. The first-order chi connectivity index (χ1) is 14.9. The maximum atomic E-state index is 13.3. The van der Waals surface area contributed by atoms with Crippen molar-refractivity contribution in [2.75, 3.05) is 24.5 Å². The maximum absolute atomic E-state index is 13.3. The Kier molecular flexibility index (Phi) is 7.38. The molecule has 0 aromatic heterocycles. The highest BCUT2D eigenvalue weighted by Crippen LogP contribution is 2.50. The second-order valence-electron chi connectivity index (χ2n) is 8.95. The molecular weight excluding hydrogens is 454 g/mol. The third-order valence-electron chi connectivity index (χ3n) is 5.20. The van der Waals surface area contributed by atoms with E-state index in [-0.39, 0.29) is 31.2 Å². The van der Waals surface area contributed by atoms with Gasteiger partial charge in [0.05, 0.1) is 0 Å². The smallest absolute Gasteiger partial charge is 0.430 e. The number of carbonyl (C=O) groups is 1. The molecule has 186 valence electrons. The molecule has 1 aliphatic heterocycles. The van der Waals surface area contributed by atoms with Gasteiger partial charge in [0, 0.05) is 36.9 Å². The molecule has 1 fully saturated rings. The Morgan fingerprint density at radius 1 is 1.09 bits per heavy atom. The van der Waals surface area contributed by atoms with Crippen LogP contribution in [0.3, 0.4) is 0 Å². The summed E-state index contributed by atoms with van der Waals surface area (Å²) < 4.78 is 85.2. The van der Waals surface area contributed by atoms with E-state index in [0.717, 1.165) is 6.07 Å². The number of rotatable bonds is 3. The summed E-state index contributed by atoms with van der Waals surface area (Å²) in [5.41, 5.74) is -6.53. The highest BCUT2D eigenvalue weighted by Gasteiger charge is 2.71. The van der Waals surface area contributed by atoms with Crippen molar-refractivity contribution in [1.82, 2.24) is 4.90 Å². The molecule has 1 saturated heterocycles. The number of ether oxygens (including phenoxy) is 1. The van der Waals surface area contributed by atoms with Gasteiger partial charge in [0.1, 0.15) is 5.60 Å². The van der Waals surface area contributed by atoms with Gasteiger partial charge in [0.2, 0.25) is 0 Å². The number of carbonyl (C=O) groups excluding carboxylic acids is 1. The highest BCUT2D eigenvalue weighted by molar-refractivity contribution is 5.71. The number of aliphatic hydroxyl groups is 1. The van der Waals surface area contributed by atoms with Gasteiger partial charge in [-0.25, -0.2) is 4.79 Å². The molecule has 1 atom stereocenters. The zero-order valence-corrected chi connectivity index (χ0v) is 19.0. The molecule has 2 rings (SSSR count). The lowest BCUT2D eigenvalue weighted by atomic mass is 9.90. The van der Waals surface area contributed by atoms with Crippen molar-refractivity contribution in [1.29, 1.82) is 0 Å². The molecule has 0 spiro atoms. The summed E-state index contributed by atoms with van der Waals surface area (Å²) in [5.74, 6) is 0.